The molecule has 0 spiro atoms. The minimum absolute atomic E-state index is 0.132. The molecule has 0 heterocycles. The van der Waals surface area contributed by atoms with Gasteiger partial charge in [0.1, 0.15) is 5.75 Å². The number of methoxy groups -OCH3 is 2. The van der Waals surface area contributed by atoms with E-state index in [9.17, 15) is 5.11 Å². The van der Waals surface area contributed by atoms with Gasteiger partial charge in [-0.3, -0.25) is 4.99 Å². The third-order valence-corrected chi connectivity index (χ3v) is 5.20. The number of benzene rings is 3. The first-order valence-corrected chi connectivity index (χ1v) is 9.69. The summed E-state index contributed by atoms with van der Waals surface area (Å²) in [5.74, 6) is 1.36. The molecular formula is C22H19BrClNO3. The number of aromatic hydroxyl groups is 1. The molecule has 0 atom stereocenters. The van der Waals surface area contributed by atoms with Crippen molar-refractivity contribution < 1.29 is 14.6 Å². The van der Waals surface area contributed by atoms with Gasteiger partial charge in [-0.05, 0) is 63.8 Å². The molecule has 4 nitrogen and oxygen atoms in total. The summed E-state index contributed by atoms with van der Waals surface area (Å²) < 4.78 is 11.1. The van der Waals surface area contributed by atoms with Gasteiger partial charge in [0.25, 0.3) is 0 Å². The van der Waals surface area contributed by atoms with Crippen molar-refractivity contribution in [2.45, 2.75) is 6.42 Å². The lowest BCUT2D eigenvalue weighted by molar-refractivity contribution is 0.355. The predicted octanol–water partition coefficient (Wildman–Crippen LogP) is 6.17. The second-order valence-corrected chi connectivity index (χ2v) is 7.34. The summed E-state index contributed by atoms with van der Waals surface area (Å²) >= 11 is 9.69. The average molecular weight is 461 g/mol. The van der Waals surface area contributed by atoms with E-state index in [1.54, 1.807) is 32.6 Å². The van der Waals surface area contributed by atoms with Crippen LogP contribution in [-0.2, 0) is 6.42 Å². The van der Waals surface area contributed by atoms with Gasteiger partial charge in [0.15, 0.2) is 11.5 Å². The van der Waals surface area contributed by atoms with Crippen molar-refractivity contribution in [1.82, 2.24) is 0 Å². The van der Waals surface area contributed by atoms with E-state index in [2.05, 4.69) is 20.9 Å². The number of rotatable bonds is 6. The third kappa shape index (κ3) is 4.66. The molecule has 28 heavy (non-hydrogen) atoms. The van der Waals surface area contributed by atoms with Crippen LogP contribution in [0, 0.1) is 0 Å². The average Bonchev–Trinajstić information content (AvgIpc) is 2.71. The second-order valence-electron chi connectivity index (χ2n) is 6.08. The highest BCUT2D eigenvalue weighted by atomic mass is 79.9. The van der Waals surface area contributed by atoms with Crippen molar-refractivity contribution in [1.29, 1.82) is 0 Å². The Kier molecular flexibility index (Phi) is 6.60. The molecule has 0 aliphatic rings. The molecule has 0 saturated carbocycles. The molecule has 0 radical (unpaired) electrons. The molecule has 0 aromatic heterocycles. The van der Waals surface area contributed by atoms with E-state index >= 15 is 0 Å². The first-order valence-electron chi connectivity index (χ1n) is 8.52. The van der Waals surface area contributed by atoms with Crippen LogP contribution in [0.5, 0.6) is 17.2 Å². The van der Waals surface area contributed by atoms with Gasteiger partial charge in [-0.25, -0.2) is 0 Å². The minimum Gasteiger partial charge on any atom is -0.506 e. The number of phenols is 1. The van der Waals surface area contributed by atoms with E-state index < -0.39 is 0 Å². The number of hydrogen-bond acceptors (Lipinski definition) is 4. The maximum Gasteiger partial charge on any atom is 0.162 e. The zero-order valence-corrected chi connectivity index (χ0v) is 17.8. The molecule has 3 aromatic rings. The normalized spacial score (nSPS) is 11.0. The molecule has 144 valence electrons. The van der Waals surface area contributed by atoms with E-state index in [1.807, 2.05) is 42.5 Å². The molecule has 0 aliphatic carbocycles. The fourth-order valence-corrected chi connectivity index (χ4v) is 3.52. The largest absolute Gasteiger partial charge is 0.506 e. The van der Waals surface area contributed by atoms with Crippen LogP contribution in [0.2, 0.25) is 5.02 Å². The van der Waals surface area contributed by atoms with Crippen molar-refractivity contribution in [2.75, 3.05) is 14.2 Å². The summed E-state index contributed by atoms with van der Waals surface area (Å²) in [6.07, 6.45) is 2.27. The zero-order valence-electron chi connectivity index (χ0n) is 15.4. The second kappa shape index (κ2) is 9.13. The van der Waals surface area contributed by atoms with Gasteiger partial charge in [-0.15, -0.1) is 0 Å². The quantitative estimate of drug-likeness (QED) is 0.448. The highest BCUT2D eigenvalue weighted by Gasteiger charge is 2.09. The van der Waals surface area contributed by atoms with Crippen LogP contribution in [-0.4, -0.2) is 25.5 Å². The van der Waals surface area contributed by atoms with Gasteiger partial charge < -0.3 is 14.6 Å². The molecule has 0 amide bonds. The first kappa shape index (κ1) is 20.2. The van der Waals surface area contributed by atoms with E-state index in [-0.39, 0.29) is 5.75 Å². The molecule has 0 saturated heterocycles. The standard InChI is InChI=1S/C22H19BrClNO3/c1-27-20-8-7-17(12-21(20)28-2)25-13-16-10-14(11-18(23)22(16)26)9-15-5-3-4-6-19(15)24/h3-8,10-13,26H,9H2,1-2H3. The number of phenolic OH excluding ortho intramolecular Hbond substituents is 1. The Morgan fingerprint density at radius 2 is 1.79 bits per heavy atom. The SMILES string of the molecule is COc1ccc(N=Cc2cc(Cc3ccccc3Cl)cc(Br)c2O)cc1OC. The topological polar surface area (TPSA) is 51.0 Å². The lowest BCUT2D eigenvalue weighted by Gasteiger charge is -2.09. The molecule has 1 N–H and O–H groups in total. The van der Waals surface area contributed by atoms with Crippen LogP contribution in [0.15, 0.2) is 64.1 Å². The van der Waals surface area contributed by atoms with Gasteiger partial charge in [-0.1, -0.05) is 29.8 Å². The lowest BCUT2D eigenvalue weighted by Crippen LogP contribution is -1.93. The lowest BCUT2D eigenvalue weighted by atomic mass is 10.0. The zero-order chi connectivity index (χ0) is 20.1. The molecule has 3 aromatic carbocycles. The molecule has 0 unspecified atom stereocenters. The van der Waals surface area contributed by atoms with Crippen molar-refractivity contribution >= 4 is 39.4 Å². The summed E-state index contributed by atoms with van der Waals surface area (Å²) in [6, 6.07) is 16.9. The number of ether oxygens (including phenoxy) is 2. The van der Waals surface area contributed by atoms with E-state index in [1.165, 1.54) is 0 Å². The fourth-order valence-electron chi connectivity index (χ4n) is 2.79. The van der Waals surface area contributed by atoms with Gasteiger partial charge in [-0.2, -0.15) is 0 Å². The van der Waals surface area contributed by atoms with Gasteiger partial charge >= 0.3 is 0 Å². The highest BCUT2D eigenvalue weighted by molar-refractivity contribution is 9.10. The molecule has 0 bridgehead atoms. The Bertz CT molecular complexity index is 1020. The van der Waals surface area contributed by atoms with E-state index in [0.29, 0.717) is 38.7 Å². The van der Waals surface area contributed by atoms with Crippen molar-refractivity contribution in [2.24, 2.45) is 4.99 Å². The molecule has 6 heteroatoms. The summed E-state index contributed by atoms with van der Waals surface area (Å²) in [4.78, 5) is 4.46. The van der Waals surface area contributed by atoms with Gasteiger partial charge in [0.05, 0.1) is 24.4 Å². The van der Waals surface area contributed by atoms with Crippen molar-refractivity contribution in [3.63, 3.8) is 0 Å². The fraction of sp³-hybridized carbons (Fsp3) is 0.136. The van der Waals surface area contributed by atoms with Crippen molar-refractivity contribution in [3.05, 3.63) is 80.8 Å². The van der Waals surface area contributed by atoms with Gasteiger partial charge in [0, 0.05) is 22.9 Å². The summed E-state index contributed by atoms with van der Waals surface area (Å²) in [6.45, 7) is 0. The number of nitrogens with zero attached hydrogens (tertiary/aromatic N) is 1. The minimum atomic E-state index is 0.132. The number of aliphatic imine (C=N–C) groups is 1. The number of halogens is 2. The molecule has 0 aliphatic heterocycles. The number of hydrogen-bond donors (Lipinski definition) is 1. The Morgan fingerprint density at radius 1 is 1.04 bits per heavy atom. The molecule has 0 fully saturated rings. The summed E-state index contributed by atoms with van der Waals surface area (Å²) in [5.41, 5.74) is 3.31. The Hall–Kier alpha value is -2.50. The van der Waals surface area contributed by atoms with Crippen LogP contribution in [0.4, 0.5) is 5.69 Å². The maximum atomic E-state index is 10.4. The Balaban J connectivity index is 1.90. The summed E-state index contributed by atoms with van der Waals surface area (Å²) in [5, 5.41) is 11.1. The van der Waals surface area contributed by atoms with Crippen LogP contribution in [0.3, 0.4) is 0 Å². The van der Waals surface area contributed by atoms with E-state index in [0.717, 1.165) is 11.1 Å². The van der Waals surface area contributed by atoms with Crippen LogP contribution < -0.4 is 9.47 Å². The highest BCUT2D eigenvalue weighted by Crippen LogP contribution is 2.33. The first-order chi connectivity index (χ1) is 13.5. The molecular weight excluding hydrogens is 442 g/mol. The van der Waals surface area contributed by atoms with Crippen LogP contribution >= 0.6 is 27.5 Å². The van der Waals surface area contributed by atoms with Crippen LogP contribution in [0.25, 0.3) is 0 Å². The van der Waals surface area contributed by atoms with Crippen LogP contribution in [0.1, 0.15) is 16.7 Å². The van der Waals surface area contributed by atoms with Crippen molar-refractivity contribution in [3.8, 4) is 17.2 Å². The summed E-state index contributed by atoms with van der Waals surface area (Å²) in [7, 11) is 3.16. The predicted molar refractivity (Wildman–Crippen MR) is 117 cm³/mol. The smallest absolute Gasteiger partial charge is 0.162 e. The maximum absolute atomic E-state index is 10.4. The Labute approximate surface area is 177 Å². The Morgan fingerprint density at radius 3 is 2.50 bits per heavy atom. The third-order valence-electron chi connectivity index (χ3n) is 4.22. The monoisotopic (exact) mass is 459 g/mol. The van der Waals surface area contributed by atoms with E-state index in [4.69, 9.17) is 21.1 Å². The van der Waals surface area contributed by atoms with Gasteiger partial charge in [0.2, 0.25) is 0 Å². The molecule has 3 rings (SSSR count).